The van der Waals surface area contributed by atoms with Crippen molar-refractivity contribution in [3.05, 3.63) is 58.8 Å². The highest BCUT2D eigenvalue weighted by Gasteiger charge is 1.99. The van der Waals surface area contributed by atoms with Crippen molar-refractivity contribution in [1.82, 2.24) is 9.13 Å². The SMILES string of the molecule is Cn1ccn(CCc2ccccc2)c1=O. The summed E-state index contributed by atoms with van der Waals surface area (Å²) in [6.07, 6.45) is 4.50. The van der Waals surface area contributed by atoms with E-state index >= 15 is 0 Å². The highest BCUT2D eigenvalue weighted by atomic mass is 16.1. The second kappa shape index (κ2) is 4.17. The topological polar surface area (TPSA) is 26.9 Å². The summed E-state index contributed by atoms with van der Waals surface area (Å²) in [4.78, 5) is 11.5. The zero-order valence-electron chi connectivity index (χ0n) is 8.76. The van der Waals surface area contributed by atoms with Crippen LogP contribution in [0.25, 0.3) is 0 Å². The lowest BCUT2D eigenvalue weighted by Gasteiger charge is -2.01. The first kappa shape index (κ1) is 9.77. The monoisotopic (exact) mass is 202 g/mol. The fraction of sp³-hybridized carbons (Fsp3) is 0.250. The maximum absolute atomic E-state index is 11.5. The average molecular weight is 202 g/mol. The van der Waals surface area contributed by atoms with Crippen LogP contribution < -0.4 is 5.69 Å². The van der Waals surface area contributed by atoms with Crippen LogP contribution >= 0.6 is 0 Å². The third-order valence-corrected chi connectivity index (χ3v) is 2.50. The summed E-state index contributed by atoms with van der Waals surface area (Å²) >= 11 is 0. The summed E-state index contributed by atoms with van der Waals surface area (Å²) in [5.41, 5.74) is 1.30. The Bertz CT molecular complexity index is 482. The smallest absolute Gasteiger partial charge is 0.302 e. The summed E-state index contributed by atoms with van der Waals surface area (Å²) < 4.78 is 3.32. The van der Waals surface area contributed by atoms with Gasteiger partial charge < -0.3 is 4.57 Å². The Kier molecular flexibility index (Phi) is 2.72. The largest absolute Gasteiger partial charge is 0.327 e. The standard InChI is InChI=1S/C12H14N2O/c1-13-9-10-14(12(13)15)8-7-11-5-3-2-4-6-11/h2-6,9-10H,7-8H2,1H3. The second-order valence-corrected chi connectivity index (χ2v) is 3.62. The first-order chi connectivity index (χ1) is 7.27. The molecule has 0 bridgehead atoms. The Morgan fingerprint density at radius 1 is 1.13 bits per heavy atom. The molecule has 0 unspecified atom stereocenters. The lowest BCUT2D eigenvalue weighted by atomic mass is 10.1. The summed E-state index contributed by atoms with van der Waals surface area (Å²) in [5, 5.41) is 0. The van der Waals surface area contributed by atoms with Crippen molar-refractivity contribution in [1.29, 1.82) is 0 Å². The molecule has 2 rings (SSSR count). The van der Waals surface area contributed by atoms with E-state index in [0.717, 1.165) is 13.0 Å². The number of rotatable bonds is 3. The molecule has 0 N–H and O–H groups in total. The van der Waals surface area contributed by atoms with E-state index in [1.165, 1.54) is 5.56 Å². The highest BCUT2D eigenvalue weighted by molar-refractivity contribution is 5.14. The number of aryl methyl sites for hydroxylation is 3. The zero-order valence-corrected chi connectivity index (χ0v) is 8.76. The molecule has 1 aromatic carbocycles. The van der Waals surface area contributed by atoms with Crippen LogP contribution in [0.2, 0.25) is 0 Å². The van der Waals surface area contributed by atoms with E-state index in [0.29, 0.717) is 0 Å². The molecule has 2 aromatic rings. The van der Waals surface area contributed by atoms with Crippen LogP contribution in [0.15, 0.2) is 47.5 Å². The molecule has 78 valence electrons. The van der Waals surface area contributed by atoms with Gasteiger partial charge in [-0.05, 0) is 12.0 Å². The van der Waals surface area contributed by atoms with Crippen LogP contribution in [0.3, 0.4) is 0 Å². The van der Waals surface area contributed by atoms with E-state index in [1.54, 1.807) is 22.4 Å². The first-order valence-electron chi connectivity index (χ1n) is 5.03. The van der Waals surface area contributed by atoms with Crippen molar-refractivity contribution in [3.8, 4) is 0 Å². The fourth-order valence-electron chi connectivity index (χ4n) is 1.58. The molecule has 1 aromatic heterocycles. The van der Waals surface area contributed by atoms with Crippen molar-refractivity contribution in [2.75, 3.05) is 0 Å². The maximum atomic E-state index is 11.5. The molecule has 0 aliphatic carbocycles. The van der Waals surface area contributed by atoms with E-state index < -0.39 is 0 Å². The Labute approximate surface area is 88.6 Å². The average Bonchev–Trinajstić information content (AvgIpc) is 2.59. The number of aromatic nitrogens is 2. The third kappa shape index (κ3) is 2.18. The molecule has 3 nitrogen and oxygen atoms in total. The van der Waals surface area contributed by atoms with E-state index in [-0.39, 0.29) is 5.69 Å². The highest BCUT2D eigenvalue weighted by Crippen LogP contribution is 2.00. The maximum Gasteiger partial charge on any atom is 0.327 e. The molecule has 0 spiro atoms. The molecule has 0 saturated carbocycles. The van der Waals surface area contributed by atoms with Gasteiger partial charge in [0, 0.05) is 26.0 Å². The van der Waals surface area contributed by atoms with Gasteiger partial charge in [0.15, 0.2) is 0 Å². The number of benzene rings is 1. The third-order valence-electron chi connectivity index (χ3n) is 2.50. The van der Waals surface area contributed by atoms with Gasteiger partial charge in [-0.1, -0.05) is 30.3 Å². The quantitative estimate of drug-likeness (QED) is 0.739. The molecule has 3 heteroatoms. The summed E-state index contributed by atoms with van der Waals surface area (Å²) in [5.74, 6) is 0. The molecule has 0 aliphatic rings. The number of hydrogen-bond acceptors (Lipinski definition) is 1. The van der Waals surface area contributed by atoms with Crippen LogP contribution in [-0.2, 0) is 20.0 Å². The van der Waals surface area contributed by atoms with Gasteiger partial charge >= 0.3 is 5.69 Å². The van der Waals surface area contributed by atoms with Gasteiger partial charge in [-0.2, -0.15) is 0 Å². The molecule has 0 atom stereocenters. The van der Waals surface area contributed by atoms with Crippen molar-refractivity contribution in [3.63, 3.8) is 0 Å². The van der Waals surface area contributed by atoms with Crippen LogP contribution in [0.4, 0.5) is 0 Å². The Hall–Kier alpha value is -1.77. The molecule has 15 heavy (non-hydrogen) atoms. The molecular formula is C12H14N2O. The van der Waals surface area contributed by atoms with Gasteiger partial charge in [0.05, 0.1) is 0 Å². The lowest BCUT2D eigenvalue weighted by Crippen LogP contribution is -2.22. The lowest BCUT2D eigenvalue weighted by molar-refractivity contribution is 0.649. The second-order valence-electron chi connectivity index (χ2n) is 3.62. The zero-order chi connectivity index (χ0) is 10.7. The number of nitrogens with zero attached hydrogens (tertiary/aromatic N) is 2. The van der Waals surface area contributed by atoms with Gasteiger partial charge in [0.1, 0.15) is 0 Å². The van der Waals surface area contributed by atoms with Crippen molar-refractivity contribution >= 4 is 0 Å². The Morgan fingerprint density at radius 2 is 1.87 bits per heavy atom. The van der Waals surface area contributed by atoms with Crippen molar-refractivity contribution in [2.24, 2.45) is 7.05 Å². The van der Waals surface area contributed by atoms with Crippen molar-refractivity contribution < 1.29 is 0 Å². The number of hydrogen-bond donors (Lipinski definition) is 0. The summed E-state index contributed by atoms with van der Waals surface area (Å²) in [7, 11) is 1.77. The molecule has 0 fully saturated rings. The van der Waals surface area contributed by atoms with E-state index in [1.807, 2.05) is 24.4 Å². The minimum absolute atomic E-state index is 0.0472. The van der Waals surface area contributed by atoms with Crippen LogP contribution in [-0.4, -0.2) is 9.13 Å². The van der Waals surface area contributed by atoms with Gasteiger partial charge in [0.25, 0.3) is 0 Å². The van der Waals surface area contributed by atoms with Crippen LogP contribution in [0.1, 0.15) is 5.56 Å². The summed E-state index contributed by atoms with van der Waals surface area (Å²) in [6.45, 7) is 0.740. The van der Waals surface area contributed by atoms with Crippen molar-refractivity contribution in [2.45, 2.75) is 13.0 Å². The van der Waals surface area contributed by atoms with E-state index in [4.69, 9.17) is 0 Å². The predicted octanol–water partition coefficient (Wildman–Crippen LogP) is 1.43. The Balaban J connectivity index is 2.06. The molecule has 0 amide bonds. The number of imidazole rings is 1. The van der Waals surface area contributed by atoms with E-state index in [9.17, 15) is 4.79 Å². The molecule has 1 heterocycles. The minimum Gasteiger partial charge on any atom is -0.302 e. The van der Waals surface area contributed by atoms with Gasteiger partial charge in [-0.25, -0.2) is 4.79 Å². The predicted molar refractivity (Wildman–Crippen MR) is 59.8 cm³/mol. The van der Waals surface area contributed by atoms with Gasteiger partial charge in [-0.15, -0.1) is 0 Å². The molecule has 0 aliphatic heterocycles. The van der Waals surface area contributed by atoms with Gasteiger partial charge in [-0.3, -0.25) is 4.57 Å². The molecular weight excluding hydrogens is 188 g/mol. The normalized spacial score (nSPS) is 10.5. The van der Waals surface area contributed by atoms with Gasteiger partial charge in [0.2, 0.25) is 0 Å². The molecule has 0 radical (unpaired) electrons. The first-order valence-corrected chi connectivity index (χ1v) is 5.03. The van der Waals surface area contributed by atoms with E-state index in [2.05, 4.69) is 12.1 Å². The Morgan fingerprint density at radius 3 is 2.47 bits per heavy atom. The van der Waals surface area contributed by atoms with Crippen LogP contribution in [0.5, 0.6) is 0 Å². The fourth-order valence-corrected chi connectivity index (χ4v) is 1.58. The summed E-state index contributed by atoms with van der Waals surface area (Å²) in [6, 6.07) is 10.2. The molecule has 0 saturated heterocycles. The van der Waals surface area contributed by atoms with Crippen LogP contribution in [0, 0.1) is 0 Å². The minimum atomic E-state index is 0.0472.